The predicted octanol–water partition coefficient (Wildman–Crippen LogP) is 3.14. The fraction of sp³-hybridized carbons (Fsp3) is 0.292. The third-order valence-corrected chi connectivity index (χ3v) is 5.97. The van der Waals surface area contributed by atoms with E-state index in [9.17, 15) is 22.8 Å². The molecule has 11 heteroatoms. The van der Waals surface area contributed by atoms with Crippen molar-refractivity contribution in [3.05, 3.63) is 65.0 Å². The van der Waals surface area contributed by atoms with Crippen LogP contribution in [0.5, 0.6) is 5.75 Å². The van der Waals surface area contributed by atoms with Gasteiger partial charge in [-0.1, -0.05) is 24.3 Å². The van der Waals surface area contributed by atoms with Gasteiger partial charge in [-0.3, -0.25) is 14.5 Å². The van der Waals surface area contributed by atoms with Gasteiger partial charge in [0, 0.05) is 24.2 Å². The second-order valence-corrected chi connectivity index (χ2v) is 8.37. The number of carbonyl (C=O) groups excluding carboxylic acids is 2. The Morgan fingerprint density at radius 2 is 2.06 bits per heavy atom. The molecule has 8 nitrogen and oxygen atoms in total. The fourth-order valence-corrected chi connectivity index (χ4v) is 4.18. The molecule has 0 radical (unpaired) electrons. The van der Waals surface area contributed by atoms with E-state index in [1.165, 1.54) is 24.1 Å². The molecule has 1 amide bonds. The van der Waals surface area contributed by atoms with Crippen LogP contribution in [0, 0.1) is 5.82 Å². The number of nitrogen functional groups attached to an aromatic ring is 1. The van der Waals surface area contributed by atoms with Crippen LogP contribution in [-0.4, -0.2) is 60.0 Å². The molecule has 1 aliphatic rings. The highest BCUT2D eigenvalue weighted by Crippen LogP contribution is 2.39. The molecule has 4 rings (SSSR count). The summed E-state index contributed by atoms with van der Waals surface area (Å²) in [6, 6.07) is 9.32. The van der Waals surface area contributed by atoms with Crippen molar-refractivity contribution in [2.75, 3.05) is 33.0 Å². The molecule has 35 heavy (non-hydrogen) atoms. The summed E-state index contributed by atoms with van der Waals surface area (Å²) in [5.74, 6) is -4.03. The third-order valence-electron chi connectivity index (χ3n) is 5.97. The van der Waals surface area contributed by atoms with Gasteiger partial charge in [0.2, 0.25) is 0 Å². The van der Waals surface area contributed by atoms with E-state index in [-0.39, 0.29) is 41.3 Å². The summed E-state index contributed by atoms with van der Waals surface area (Å²) in [5, 5.41) is 6.80. The van der Waals surface area contributed by atoms with Crippen molar-refractivity contribution in [1.29, 1.82) is 0 Å². The maximum Gasteiger partial charge on any atom is 0.283 e. The number of para-hydroxylation sites is 1. The number of nitrogens with zero attached hydrogens (tertiary/aromatic N) is 3. The molecule has 0 spiro atoms. The molecule has 3 aromatic rings. The fourth-order valence-electron chi connectivity index (χ4n) is 4.18. The van der Waals surface area contributed by atoms with Crippen LogP contribution in [0.15, 0.2) is 42.5 Å². The van der Waals surface area contributed by atoms with Gasteiger partial charge >= 0.3 is 0 Å². The monoisotopic (exact) mass is 487 g/mol. The second kappa shape index (κ2) is 9.41. The van der Waals surface area contributed by atoms with E-state index >= 15 is 0 Å². The topological polar surface area (TPSA) is 102 Å². The van der Waals surface area contributed by atoms with Gasteiger partial charge in [-0.25, -0.2) is 17.9 Å². The molecular formula is C24H24F3N5O3. The standard InChI is InChI=1S/C24H24F3N5O3/c1-31-11-20(24(26,27)13-31)32-22(28)17(12-33)21(30-32)14-7-8-15(18(25)9-14)10-29-23(34)16-5-3-4-6-19(16)35-2/h3-9,12,20H,10-11,13,28H2,1-2H3,(H,29,34). The Balaban J connectivity index is 1.58. The van der Waals surface area contributed by atoms with Crippen LogP contribution in [0.2, 0.25) is 0 Å². The number of ether oxygens (including phenoxy) is 1. The van der Waals surface area contributed by atoms with E-state index in [4.69, 9.17) is 10.5 Å². The molecule has 0 bridgehead atoms. The van der Waals surface area contributed by atoms with Crippen molar-refractivity contribution >= 4 is 18.0 Å². The number of hydrogen-bond donors (Lipinski definition) is 2. The summed E-state index contributed by atoms with van der Waals surface area (Å²) < 4.78 is 49.9. The number of anilines is 1. The number of benzene rings is 2. The van der Waals surface area contributed by atoms with E-state index in [2.05, 4.69) is 10.4 Å². The SMILES string of the molecule is COc1ccccc1C(=O)NCc1ccc(-c2nn(C3CN(C)CC3(F)F)c(N)c2C=O)cc1F. The van der Waals surface area contributed by atoms with Crippen molar-refractivity contribution in [3.8, 4) is 17.0 Å². The smallest absolute Gasteiger partial charge is 0.283 e. The number of aromatic nitrogens is 2. The molecule has 0 aliphatic carbocycles. The van der Waals surface area contributed by atoms with Gasteiger partial charge in [-0.2, -0.15) is 5.10 Å². The highest BCUT2D eigenvalue weighted by atomic mass is 19.3. The van der Waals surface area contributed by atoms with Crippen LogP contribution in [0.1, 0.15) is 32.3 Å². The lowest BCUT2D eigenvalue weighted by molar-refractivity contribution is -0.0232. The number of amides is 1. The summed E-state index contributed by atoms with van der Waals surface area (Å²) in [7, 11) is 2.99. The molecule has 184 valence electrons. The number of halogens is 3. The second-order valence-electron chi connectivity index (χ2n) is 8.37. The minimum Gasteiger partial charge on any atom is -0.496 e. The zero-order chi connectivity index (χ0) is 25.3. The van der Waals surface area contributed by atoms with E-state index in [1.807, 2.05) is 0 Å². The first-order chi connectivity index (χ1) is 16.7. The molecule has 0 saturated carbocycles. The number of likely N-dealkylation sites (N-methyl/N-ethyl adjacent to an activating group) is 1. The summed E-state index contributed by atoms with van der Waals surface area (Å²) >= 11 is 0. The number of rotatable bonds is 7. The van der Waals surface area contributed by atoms with Gasteiger partial charge < -0.3 is 15.8 Å². The van der Waals surface area contributed by atoms with Crippen LogP contribution < -0.4 is 15.8 Å². The van der Waals surface area contributed by atoms with Crippen LogP contribution in [0.4, 0.5) is 19.0 Å². The van der Waals surface area contributed by atoms with E-state index < -0.39 is 30.2 Å². The average molecular weight is 487 g/mol. The zero-order valence-electron chi connectivity index (χ0n) is 19.1. The molecule has 1 fully saturated rings. The predicted molar refractivity (Wildman–Crippen MR) is 123 cm³/mol. The maximum atomic E-state index is 14.9. The Morgan fingerprint density at radius 3 is 2.69 bits per heavy atom. The van der Waals surface area contributed by atoms with Crippen molar-refractivity contribution in [2.45, 2.75) is 18.5 Å². The quantitative estimate of drug-likeness (QED) is 0.497. The number of alkyl halides is 2. The summed E-state index contributed by atoms with van der Waals surface area (Å²) in [4.78, 5) is 25.6. The Bertz CT molecular complexity index is 1280. The highest BCUT2D eigenvalue weighted by Gasteiger charge is 2.49. The Hall–Kier alpha value is -3.86. The number of nitrogens with two attached hydrogens (primary N) is 1. The number of hydrogen-bond acceptors (Lipinski definition) is 6. The van der Waals surface area contributed by atoms with Gasteiger partial charge in [0.1, 0.15) is 29.1 Å². The van der Waals surface area contributed by atoms with Crippen molar-refractivity contribution in [2.24, 2.45) is 0 Å². The summed E-state index contributed by atoms with van der Waals surface area (Å²) in [6.45, 7) is -0.580. The molecule has 1 unspecified atom stereocenters. The first-order valence-corrected chi connectivity index (χ1v) is 10.8. The molecule has 1 atom stereocenters. The van der Waals surface area contributed by atoms with E-state index in [0.717, 1.165) is 10.7 Å². The molecular weight excluding hydrogens is 463 g/mol. The molecule has 1 aliphatic heterocycles. The lowest BCUT2D eigenvalue weighted by atomic mass is 10.1. The van der Waals surface area contributed by atoms with Crippen LogP contribution in [0.25, 0.3) is 11.3 Å². The molecule has 1 aromatic heterocycles. The van der Waals surface area contributed by atoms with Gasteiger partial charge in [-0.05, 0) is 25.2 Å². The largest absolute Gasteiger partial charge is 0.496 e. The number of carbonyl (C=O) groups is 2. The Labute approximate surface area is 199 Å². The number of nitrogens with one attached hydrogen (secondary N) is 1. The maximum absolute atomic E-state index is 14.9. The highest BCUT2D eigenvalue weighted by molar-refractivity contribution is 5.97. The van der Waals surface area contributed by atoms with Crippen LogP contribution >= 0.6 is 0 Å². The normalized spacial score (nSPS) is 17.3. The van der Waals surface area contributed by atoms with E-state index in [0.29, 0.717) is 17.6 Å². The van der Waals surface area contributed by atoms with Crippen molar-refractivity contribution in [1.82, 2.24) is 20.0 Å². The number of likely N-dealkylation sites (tertiary alicyclic amines) is 1. The average Bonchev–Trinajstić information content (AvgIpc) is 3.30. The Morgan fingerprint density at radius 1 is 1.31 bits per heavy atom. The molecule has 2 heterocycles. The van der Waals surface area contributed by atoms with Crippen molar-refractivity contribution in [3.63, 3.8) is 0 Å². The third kappa shape index (κ3) is 4.59. The minimum atomic E-state index is -3.10. The molecule has 1 saturated heterocycles. The van der Waals surface area contributed by atoms with E-state index in [1.54, 1.807) is 31.3 Å². The van der Waals surface area contributed by atoms with Gasteiger partial charge in [-0.15, -0.1) is 0 Å². The van der Waals surface area contributed by atoms with Crippen LogP contribution in [-0.2, 0) is 6.54 Å². The van der Waals surface area contributed by atoms with Gasteiger partial charge in [0.15, 0.2) is 6.29 Å². The van der Waals surface area contributed by atoms with Crippen molar-refractivity contribution < 1.29 is 27.5 Å². The summed E-state index contributed by atoms with van der Waals surface area (Å²) in [5.41, 5.74) is 6.59. The zero-order valence-corrected chi connectivity index (χ0v) is 19.1. The lowest BCUT2D eigenvalue weighted by Crippen LogP contribution is -2.31. The molecule has 3 N–H and O–H groups in total. The van der Waals surface area contributed by atoms with Crippen LogP contribution in [0.3, 0.4) is 0 Å². The van der Waals surface area contributed by atoms with Gasteiger partial charge in [0.05, 0.1) is 24.8 Å². The Kier molecular flexibility index (Phi) is 6.53. The minimum absolute atomic E-state index is 0.00415. The number of aldehydes is 1. The molecule has 2 aromatic carbocycles. The first-order valence-electron chi connectivity index (χ1n) is 10.8. The summed E-state index contributed by atoms with van der Waals surface area (Å²) in [6.07, 6.45) is 0.421. The van der Waals surface area contributed by atoms with Gasteiger partial charge in [0.25, 0.3) is 11.8 Å². The first kappa shape index (κ1) is 24.3. The lowest BCUT2D eigenvalue weighted by Gasteiger charge is -2.19. The number of methoxy groups -OCH3 is 1.